The van der Waals surface area contributed by atoms with Gasteiger partial charge >= 0.3 is 0 Å². The molecule has 2 heteroatoms. The molecule has 19 heavy (non-hydrogen) atoms. The largest absolute Gasteiger partial charge is 0.508 e. The summed E-state index contributed by atoms with van der Waals surface area (Å²) >= 11 is 0. The lowest BCUT2D eigenvalue weighted by Gasteiger charge is -2.06. The Morgan fingerprint density at radius 3 is 1.89 bits per heavy atom. The Bertz CT molecular complexity index is 551. The second-order valence-corrected chi connectivity index (χ2v) is 5.04. The van der Waals surface area contributed by atoms with Crippen LogP contribution >= 0.6 is 0 Å². The van der Waals surface area contributed by atoms with Crippen LogP contribution in [0.25, 0.3) is 11.1 Å². The monoisotopic (exact) mass is 254 g/mol. The van der Waals surface area contributed by atoms with Crippen molar-refractivity contribution in [3.63, 3.8) is 0 Å². The van der Waals surface area contributed by atoms with E-state index in [1.54, 1.807) is 12.1 Å². The van der Waals surface area contributed by atoms with Gasteiger partial charge in [-0.2, -0.15) is 0 Å². The highest BCUT2D eigenvalue weighted by Crippen LogP contribution is 2.22. The number of hydrogen-bond acceptors (Lipinski definition) is 2. The smallest absolute Gasteiger partial charge is 0.139 e. The van der Waals surface area contributed by atoms with E-state index in [0.29, 0.717) is 6.42 Å². The normalized spacial score (nSPS) is 10.7. The molecule has 0 atom stereocenters. The molecule has 0 radical (unpaired) electrons. The van der Waals surface area contributed by atoms with Crippen molar-refractivity contribution in [1.82, 2.24) is 0 Å². The lowest BCUT2D eigenvalue weighted by atomic mass is 9.98. The van der Waals surface area contributed by atoms with Crippen molar-refractivity contribution in [1.29, 1.82) is 0 Å². The van der Waals surface area contributed by atoms with Crippen molar-refractivity contribution in [3.05, 3.63) is 54.1 Å². The van der Waals surface area contributed by atoms with E-state index >= 15 is 0 Å². The number of benzene rings is 2. The summed E-state index contributed by atoms with van der Waals surface area (Å²) in [7, 11) is 0. The zero-order valence-corrected chi connectivity index (χ0v) is 11.3. The molecule has 2 rings (SSSR count). The van der Waals surface area contributed by atoms with Crippen LogP contribution in [0.2, 0.25) is 0 Å². The number of Topliss-reactive ketones (excluding diaryl/α,β-unsaturated/α-hetero) is 1. The first-order valence-electron chi connectivity index (χ1n) is 6.47. The van der Waals surface area contributed by atoms with Crippen molar-refractivity contribution >= 4 is 5.78 Å². The fourth-order valence-electron chi connectivity index (χ4n) is 1.87. The molecule has 0 aliphatic heterocycles. The van der Waals surface area contributed by atoms with Gasteiger partial charge in [-0.05, 0) is 28.8 Å². The Kier molecular flexibility index (Phi) is 4.00. The molecule has 0 spiro atoms. The maximum Gasteiger partial charge on any atom is 0.139 e. The Morgan fingerprint density at radius 1 is 0.947 bits per heavy atom. The molecule has 0 saturated carbocycles. The minimum Gasteiger partial charge on any atom is -0.508 e. The van der Waals surface area contributed by atoms with Gasteiger partial charge in [0.25, 0.3) is 0 Å². The second kappa shape index (κ2) is 5.70. The summed E-state index contributed by atoms with van der Waals surface area (Å²) in [5.41, 5.74) is 3.18. The zero-order chi connectivity index (χ0) is 13.8. The standard InChI is InChI=1S/C17H18O2/c1-12(2)17(19)11-13-3-5-14(6-4-13)15-7-9-16(18)10-8-15/h3-10,12,18H,11H2,1-2H3. The Labute approximate surface area is 113 Å². The van der Waals surface area contributed by atoms with Gasteiger partial charge in [0, 0.05) is 12.3 Å². The molecular formula is C17H18O2. The predicted molar refractivity (Wildman–Crippen MR) is 77.1 cm³/mol. The molecule has 2 nitrogen and oxygen atoms in total. The van der Waals surface area contributed by atoms with Gasteiger partial charge in [-0.3, -0.25) is 4.79 Å². The number of aromatic hydroxyl groups is 1. The number of phenols is 1. The number of hydrogen-bond donors (Lipinski definition) is 1. The van der Waals surface area contributed by atoms with Gasteiger partial charge in [-0.25, -0.2) is 0 Å². The second-order valence-electron chi connectivity index (χ2n) is 5.04. The minimum atomic E-state index is 0.0803. The molecule has 0 fully saturated rings. The maximum absolute atomic E-state index is 11.7. The molecule has 0 bridgehead atoms. The van der Waals surface area contributed by atoms with E-state index in [9.17, 15) is 9.90 Å². The van der Waals surface area contributed by atoms with Crippen LogP contribution < -0.4 is 0 Å². The van der Waals surface area contributed by atoms with Gasteiger partial charge in [0.15, 0.2) is 0 Å². The summed E-state index contributed by atoms with van der Waals surface area (Å²) in [5.74, 6) is 0.608. The van der Waals surface area contributed by atoms with E-state index in [1.807, 2.05) is 50.2 Å². The van der Waals surface area contributed by atoms with Crippen molar-refractivity contribution in [2.24, 2.45) is 5.92 Å². The van der Waals surface area contributed by atoms with E-state index in [2.05, 4.69) is 0 Å². The molecule has 0 aliphatic carbocycles. The highest BCUT2D eigenvalue weighted by molar-refractivity contribution is 5.82. The first kappa shape index (κ1) is 13.3. The third kappa shape index (κ3) is 3.44. The van der Waals surface area contributed by atoms with Crippen LogP contribution in [0.5, 0.6) is 5.75 Å². The average molecular weight is 254 g/mol. The molecule has 0 aliphatic rings. The van der Waals surface area contributed by atoms with Crippen LogP contribution in [-0.2, 0) is 11.2 Å². The fraction of sp³-hybridized carbons (Fsp3) is 0.235. The lowest BCUT2D eigenvalue weighted by molar-refractivity contribution is -0.121. The van der Waals surface area contributed by atoms with E-state index in [1.165, 1.54) is 0 Å². The highest BCUT2D eigenvalue weighted by atomic mass is 16.3. The van der Waals surface area contributed by atoms with Gasteiger partial charge in [0.1, 0.15) is 11.5 Å². The lowest BCUT2D eigenvalue weighted by Crippen LogP contribution is -2.09. The number of carbonyl (C=O) groups excluding carboxylic acids is 1. The van der Waals surface area contributed by atoms with Gasteiger partial charge < -0.3 is 5.11 Å². The molecule has 0 aromatic heterocycles. The first-order chi connectivity index (χ1) is 9.06. The Balaban J connectivity index is 2.14. The van der Waals surface area contributed by atoms with Crippen LogP contribution in [0.4, 0.5) is 0 Å². The molecule has 2 aromatic rings. The zero-order valence-electron chi connectivity index (χ0n) is 11.3. The van der Waals surface area contributed by atoms with Crippen molar-refractivity contribution in [3.8, 4) is 16.9 Å². The quantitative estimate of drug-likeness (QED) is 0.900. The summed E-state index contributed by atoms with van der Waals surface area (Å²) in [5, 5.41) is 9.26. The SMILES string of the molecule is CC(C)C(=O)Cc1ccc(-c2ccc(O)cc2)cc1. The summed E-state index contributed by atoms with van der Waals surface area (Å²) in [6.45, 7) is 3.85. The molecular weight excluding hydrogens is 236 g/mol. The Hall–Kier alpha value is -2.09. The number of phenolic OH excluding ortho intramolecular Hbond substituents is 1. The van der Waals surface area contributed by atoms with Crippen LogP contribution in [0.15, 0.2) is 48.5 Å². The first-order valence-corrected chi connectivity index (χ1v) is 6.47. The van der Waals surface area contributed by atoms with Crippen molar-refractivity contribution in [2.75, 3.05) is 0 Å². The summed E-state index contributed by atoms with van der Waals surface area (Å²) in [4.78, 5) is 11.7. The van der Waals surface area contributed by atoms with Crippen molar-refractivity contribution < 1.29 is 9.90 Å². The number of rotatable bonds is 4. The third-order valence-electron chi connectivity index (χ3n) is 3.18. The topological polar surface area (TPSA) is 37.3 Å². The number of ketones is 1. The maximum atomic E-state index is 11.7. The molecule has 0 unspecified atom stereocenters. The van der Waals surface area contributed by atoms with Crippen LogP contribution in [-0.4, -0.2) is 10.9 Å². The molecule has 1 N–H and O–H groups in total. The fourth-order valence-corrected chi connectivity index (χ4v) is 1.87. The van der Waals surface area contributed by atoms with E-state index in [-0.39, 0.29) is 17.5 Å². The summed E-state index contributed by atoms with van der Waals surface area (Å²) in [6.07, 6.45) is 0.494. The van der Waals surface area contributed by atoms with E-state index in [4.69, 9.17) is 0 Å². The highest BCUT2D eigenvalue weighted by Gasteiger charge is 2.08. The third-order valence-corrected chi connectivity index (χ3v) is 3.18. The molecule has 2 aromatic carbocycles. The van der Waals surface area contributed by atoms with Gasteiger partial charge in [0.05, 0.1) is 0 Å². The van der Waals surface area contributed by atoms with Gasteiger partial charge in [-0.15, -0.1) is 0 Å². The molecule has 0 heterocycles. The number of carbonyl (C=O) groups is 1. The van der Waals surface area contributed by atoms with Crippen molar-refractivity contribution in [2.45, 2.75) is 20.3 Å². The molecule has 98 valence electrons. The predicted octanol–water partition coefficient (Wildman–Crippen LogP) is 3.83. The van der Waals surface area contributed by atoms with Crippen LogP contribution in [0, 0.1) is 5.92 Å². The van der Waals surface area contributed by atoms with E-state index < -0.39 is 0 Å². The summed E-state index contributed by atoms with van der Waals surface area (Å²) in [6, 6.07) is 15.1. The van der Waals surface area contributed by atoms with Gasteiger partial charge in [0.2, 0.25) is 0 Å². The van der Waals surface area contributed by atoms with E-state index in [0.717, 1.165) is 16.7 Å². The molecule has 0 saturated heterocycles. The summed E-state index contributed by atoms with van der Waals surface area (Å²) < 4.78 is 0. The van der Waals surface area contributed by atoms with Gasteiger partial charge in [-0.1, -0.05) is 50.2 Å². The minimum absolute atomic E-state index is 0.0803. The average Bonchev–Trinajstić information content (AvgIpc) is 2.40. The van der Waals surface area contributed by atoms with Crippen LogP contribution in [0.1, 0.15) is 19.4 Å². The molecule has 0 amide bonds. The Morgan fingerprint density at radius 2 is 1.42 bits per heavy atom. The van der Waals surface area contributed by atoms with Crippen LogP contribution in [0.3, 0.4) is 0 Å².